The number of aliphatic hydroxyl groups is 5. The molecule has 7 atom stereocenters. The van der Waals surface area contributed by atoms with Crippen LogP contribution in [0.15, 0.2) is 36.5 Å². The number of hydrogen-bond donors (Lipinski definition) is 6. The Hall–Kier alpha value is -1.59. The van der Waals surface area contributed by atoms with Crippen molar-refractivity contribution in [1.82, 2.24) is 5.32 Å². The molecular formula is C39H71NO8. The van der Waals surface area contributed by atoms with Crippen LogP contribution < -0.4 is 5.32 Å². The predicted molar refractivity (Wildman–Crippen MR) is 193 cm³/mol. The maximum absolute atomic E-state index is 12.8. The normalized spacial score (nSPS) is 23.0. The molecule has 0 spiro atoms. The number of aliphatic hydroxyl groups excluding tert-OH is 5. The molecule has 1 rings (SSSR count). The van der Waals surface area contributed by atoms with Gasteiger partial charge in [0.2, 0.25) is 5.91 Å². The van der Waals surface area contributed by atoms with Crippen LogP contribution in [0.3, 0.4) is 0 Å². The third-order valence-electron chi connectivity index (χ3n) is 9.00. The zero-order valence-electron chi connectivity index (χ0n) is 30.2. The van der Waals surface area contributed by atoms with Crippen LogP contribution >= 0.6 is 0 Å². The number of carbonyl (C=O) groups is 1. The molecule has 0 aromatic carbocycles. The van der Waals surface area contributed by atoms with Crippen LogP contribution in [0.2, 0.25) is 0 Å². The highest BCUT2D eigenvalue weighted by atomic mass is 16.7. The molecule has 0 bridgehead atoms. The van der Waals surface area contributed by atoms with Gasteiger partial charge in [-0.15, -0.1) is 0 Å². The largest absolute Gasteiger partial charge is 0.394 e. The second-order valence-corrected chi connectivity index (χ2v) is 13.4. The third kappa shape index (κ3) is 21.5. The van der Waals surface area contributed by atoms with Gasteiger partial charge >= 0.3 is 0 Å². The average Bonchev–Trinajstić information content (AvgIpc) is 3.08. The lowest BCUT2D eigenvalue weighted by Gasteiger charge is -2.40. The van der Waals surface area contributed by atoms with Gasteiger partial charge in [-0.1, -0.05) is 127 Å². The van der Waals surface area contributed by atoms with E-state index in [0.29, 0.717) is 12.8 Å². The summed E-state index contributed by atoms with van der Waals surface area (Å²) in [6.45, 7) is 3.70. The number of amides is 1. The molecule has 0 saturated carbocycles. The van der Waals surface area contributed by atoms with Crippen LogP contribution in [0, 0.1) is 0 Å². The Balaban J connectivity index is 2.32. The number of rotatable bonds is 30. The van der Waals surface area contributed by atoms with Gasteiger partial charge in [-0.2, -0.15) is 0 Å². The maximum Gasteiger partial charge on any atom is 0.220 e. The lowest BCUT2D eigenvalue weighted by Crippen LogP contribution is -2.60. The minimum Gasteiger partial charge on any atom is -0.394 e. The average molecular weight is 682 g/mol. The van der Waals surface area contributed by atoms with Crippen molar-refractivity contribution < 1.29 is 39.8 Å². The summed E-state index contributed by atoms with van der Waals surface area (Å²) in [5.41, 5.74) is 0. The molecule has 0 radical (unpaired) electrons. The van der Waals surface area contributed by atoms with E-state index in [1.807, 2.05) is 0 Å². The van der Waals surface area contributed by atoms with Crippen molar-refractivity contribution in [1.29, 1.82) is 0 Å². The van der Waals surface area contributed by atoms with Crippen molar-refractivity contribution >= 4 is 5.91 Å². The van der Waals surface area contributed by atoms with Crippen molar-refractivity contribution in [3.05, 3.63) is 36.5 Å². The molecule has 7 unspecified atom stereocenters. The molecule has 9 heteroatoms. The van der Waals surface area contributed by atoms with Crippen molar-refractivity contribution in [2.45, 2.75) is 192 Å². The first-order valence-corrected chi connectivity index (χ1v) is 19.2. The van der Waals surface area contributed by atoms with E-state index in [-0.39, 0.29) is 12.5 Å². The van der Waals surface area contributed by atoms with Crippen LogP contribution in [0.1, 0.15) is 149 Å². The zero-order valence-corrected chi connectivity index (χ0v) is 30.2. The third-order valence-corrected chi connectivity index (χ3v) is 9.00. The number of nitrogens with one attached hydrogen (secondary N) is 1. The zero-order chi connectivity index (χ0) is 35.2. The topological polar surface area (TPSA) is 149 Å². The minimum absolute atomic E-state index is 0.146. The SMILES string of the molecule is CCCCC/C=C\C/C=C\C/C=C\CCCCCCCCC(=O)NC(COC1OC(CO)C(O)C(O)C1O)C(O)CCCCCCCC. The monoisotopic (exact) mass is 682 g/mol. The quantitative estimate of drug-likeness (QED) is 0.0370. The van der Waals surface area contributed by atoms with E-state index in [9.17, 15) is 30.3 Å². The van der Waals surface area contributed by atoms with Gasteiger partial charge in [0.15, 0.2) is 6.29 Å². The van der Waals surface area contributed by atoms with Crippen molar-refractivity contribution in [2.24, 2.45) is 0 Å². The molecule has 1 saturated heterocycles. The number of carbonyl (C=O) groups excluding carboxylic acids is 1. The number of ether oxygens (including phenoxy) is 2. The summed E-state index contributed by atoms with van der Waals surface area (Å²) in [7, 11) is 0. The summed E-state index contributed by atoms with van der Waals surface area (Å²) in [6.07, 6.45) is 27.5. The second kappa shape index (κ2) is 30.3. The summed E-state index contributed by atoms with van der Waals surface area (Å²) >= 11 is 0. The molecule has 0 aliphatic carbocycles. The molecular weight excluding hydrogens is 610 g/mol. The Labute approximate surface area is 291 Å². The lowest BCUT2D eigenvalue weighted by molar-refractivity contribution is -0.302. The Morgan fingerprint density at radius 2 is 1.23 bits per heavy atom. The van der Waals surface area contributed by atoms with Gasteiger partial charge in [-0.05, 0) is 51.4 Å². The molecule has 0 aromatic heterocycles. The van der Waals surface area contributed by atoms with Gasteiger partial charge in [0.1, 0.15) is 24.4 Å². The fourth-order valence-corrected chi connectivity index (χ4v) is 5.81. The number of allylic oxidation sites excluding steroid dienone is 6. The standard InChI is InChI=1S/C39H71NO8/c1-3-5-7-9-11-12-13-14-15-16-17-18-19-20-21-22-23-25-27-29-35(43)40-32(33(42)28-26-24-10-8-6-4-2)31-47-39-38(46)37(45)36(44)34(30-41)48-39/h11-12,14-15,17-18,32-34,36-39,41-42,44-46H,3-10,13,16,19-31H2,1-2H3,(H,40,43)/b12-11-,15-14-,18-17-. The Kier molecular flexibility index (Phi) is 28.0. The summed E-state index contributed by atoms with van der Waals surface area (Å²) in [5, 5.41) is 53.8. The molecule has 1 fully saturated rings. The first-order chi connectivity index (χ1) is 23.3. The van der Waals surface area contributed by atoms with Gasteiger partial charge in [0.25, 0.3) is 0 Å². The van der Waals surface area contributed by atoms with E-state index in [1.54, 1.807) is 0 Å². The van der Waals surface area contributed by atoms with Gasteiger partial charge in [0.05, 0.1) is 25.4 Å². The van der Waals surface area contributed by atoms with Crippen LogP contribution in [0.25, 0.3) is 0 Å². The highest BCUT2D eigenvalue weighted by molar-refractivity contribution is 5.76. The van der Waals surface area contributed by atoms with Gasteiger partial charge < -0.3 is 40.3 Å². The van der Waals surface area contributed by atoms with Gasteiger partial charge in [-0.25, -0.2) is 0 Å². The van der Waals surface area contributed by atoms with Gasteiger partial charge in [-0.3, -0.25) is 4.79 Å². The van der Waals surface area contributed by atoms with Crippen LogP contribution in [0.4, 0.5) is 0 Å². The van der Waals surface area contributed by atoms with E-state index >= 15 is 0 Å². The fraction of sp³-hybridized carbons (Fsp3) is 0.821. The highest BCUT2D eigenvalue weighted by Gasteiger charge is 2.44. The molecule has 280 valence electrons. The number of unbranched alkanes of at least 4 members (excludes halogenated alkanes) is 14. The lowest BCUT2D eigenvalue weighted by atomic mass is 9.99. The highest BCUT2D eigenvalue weighted by Crippen LogP contribution is 2.23. The summed E-state index contributed by atoms with van der Waals surface area (Å²) in [4.78, 5) is 12.8. The van der Waals surface area contributed by atoms with Gasteiger partial charge in [0, 0.05) is 6.42 Å². The van der Waals surface area contributed by atoms with E-state index in [0.717, 1.165) is 64.2 Å². The molecule has 9 nitrogen and oxygen atoms in total. The van der Waals surface area contributed by atoms with Crippen LogP contribution in [0.5, 0.6) is 0 Å². The predicted octanol–water partition coefficient (Wildman–Crippen LogP) is 6.55. The summed E-state index contributed by atoms with van der Waals surface area (Å²) in [5.74, 6) is -0.165. The van der Waals surface area contributed by atoms with Crippen LogP contribution in [-0.4, -0.2) is 87.5 Å². The summed E-state index contributed by atoms with van der Waals surface area (Å²) < 4.78 is 11.1. The molecule has 0 aromatic rings. The Bertz CT molecular complexity index is 848. The molecule has 1 aliphatic rings. The Morgan fingerprint density at radius 1 is 0.708 bits per heavy atom. The molecule has 1 amide bonds. The fourth-order valence-electron chi connectivity index (χ4n) is 5.81. The van der Waals surface area contributed by atoms with E-state index in [4.69, 9.17) is 9.47 Å². The van der Waals surface area contributed by atoms with Crippen molar-refractivity contribution in [3.63, 3.8) is 0 Å². The van der Waals surface area contributed by atoms with E-state index in [1.165, 1.54) is 57.8 Å². The van der Waals surface area contributed by atoms with Crippen molar-refractivity contribution in [3.8, 4) is 0 Å². The number of hydrogen-bond acceptors (Lipinski definition) is 8. The maximum atomic E-state index is 12.8. The van der Waals surface area contributed by atoms with E-state index in [2.05, 4.69) is 55.6 Å². The van der Waals surface area contributed by atoms with Crippen LogP contribution in [-0.2, 0) is 14.3 Å². The molecule has 48 heavy (non-hydrogen) atoms. The Morgan fingerprint density at radius 3 is 1.85 bits per heavy atom. The summed E-state index contributed by atoms with van der Waals surface area (Å²) in [6, 6.07) is -0.721. The smallest absolute Gasteiger partial charge is 0.220 e. The molecule has 1 heterocycles. The second-order valence-electron chi connectivity index (χ2n) is 13.4. The molecule has 1 aliphatic heterocycles. The first kappa shape index (κ1) is 44.4. The first-order valence-electron chi connectivity index (χ1n) is 19.2. The minimum atomic E-state index is -1.55. The molecule has 6 N–H and O–H groups in total. The van der Waals surface area contributed by atoms with Crippen molar-refractivity contribution in [2.75, 3.05) is 13.2 Å². The van der Waals surface area contributed by atoms with E-state index < -0.39 is 49.5 Å².